The molecule has 4 fully saturated rings. The number of methoxy groups -OCH3 is 1. The van der Waals surface area contributed by atoms with Crippen molar-refractivity contribution >= 4 is 52.3 Å². The molecule has 14 nitrogen and oxygen atoms in total. The first kappa shape index (κ1) is 40.8. The van der Waals surface area contributed by atoms with E-state index in [1.807, 2.05) is 42.2 Å². The predicted octanol–water partition coefficient (Wildman–Crippen LogP) is 4.49. The summed E-state index contributed by atoms with van der Waals surface area (Å²) in [6, 6.07) is 15.0. The predicted molar refractivity (Wildman–Crippen MR) is 224 cm³/mol. The van der Waals surface area contributed by atoms with E-state index >= 15 is 4.39 Å². The number of piperidine rings is 2. The normalized spacial score (nSPS) is 22.9. The molecule has 8 rings (SSSR count). The summed E-state index contributed by atoms with van der Waals surface area (Å²) in [7, 11) is 1.56. The molecule has 1 unspecified atom stereocenters. The molecule has 3 aromatic carbocycles. The SMILES string of the molecule is [C-]#[N+]c1ccc(N2C[C@@H](C)N(C(=O)Cc3ccc(N4CCC(CN5CCN(c6ccc7c(c6)C(=O)N(C6CCC(=O)NC6=O)C7=O)CC5)CC4)c(F)c3)C[C@@H]2C)cc1OC. The molecular weight excluding hydrogens is 768 g/mol. The highest BCUT2D eigenvalue weighted by molar-refractivity contribution is 6.23. The monoisotopic (exact) mass is 818 g/mol. The lowest BCUT2D eigenvalue weighted by Crippen LogP contribution is -2.58. The molecule has 5 amide bonds. The van der Waals surface area contributed by atoms with Crippen LogP contribution in [0.4, 0.5) is 27.1 Å². The molecular formula is C45H51FN8O6. The summed E-state index contributed by atoms with van der Waals surface area (Å²) in [6.07, 6.45) is 2.23. The molecule has 5 aliphatic heterocycles. The number of halogens is 1. The van der Waals surface area contributed by atoms with Gasteiger partial charge in [0.15, 0.2) is 0 Å². The zero-order valence-electron chi connectivity index (χ0n) is 34.4. The van der Waals surface area contributed by atoms with Crippen molar-refractivity contribution in [2.45, 2.75) is 64.1 Å². The van der Waals surface area contributed by atoms with Crippen LogP contribution < -0.4 is 24.8 Å². The summed E-state index contributed by atoms with van der Waals surface area (Å²) >= 11 is 0. The number of imide groups is 2. The van der Waals surface area contributed by atoms with Gasteiger partial charge in [-0.3, -0.25) is 39.1 Å². The summed E-state index contributed by atoms with van der Waals surface area (Å²) < 4.78 is 21.1. The van der Waals surface area contributed by atoms with Gasteiger partial charge in [0.1, 0.15) is 17.6 Å². The van der Waals surface area contributed by atoms with Gasteiger partial charge < -0.3 is 24.3 Å². The third-order valence-electron chi connectivity index (χ3n) is 12.9. The number of carbonyl (C=O) groups is 5. The standard InChI is InChI=1S/C45H51FN8O6/c1-28-26-53(29(2)25-52(28)33-7-9-37(47-3)40(24-33)60-4)42(56)22-31-5-10-38(36(46)21-31)51-15-13-30(14-16-51)27-49-17-19-50(20-18-49)32-6-8-34-35(23-32)45(59)54(44(34)58)39-11-12-41(55)48-43(39)57/h5-10,21,23-24,28-30,39H,11-20,22,25-27H2,1-2,4H3,(H,48,55,57)/t28-,29+,39?/m0/s1. The molecule has 3 aromatic rings. The number of piperazine rings is 2. The van der Waals surface area contributed by atoms with Gasteiger partial charge in [-0.05, 0) is 87.1 Å². The van der Waals surface area contributed by atoms with Crippen LogP contribution >= 0.6 is 0 Å². The van der Waals surface area contributed by atoms with Gasteiger partial charge in [0.25, 0.3) is 11.8 Å². The highest BCUT2D eigenvalue weighted by Crippen LogP contribution is 2.35. The Morgan fingerprint density at radius 1 is 0.833 bits per heavy atom. The second-order valence-corrected chi connectivity index (χ2v) is 16.7. The number of nitrogens with one attached hydrogen (secondary N) is 1. The molecule has 5 aliphatic rings. The van der Waals surface area contributed by atoms with Crippen molar-refractivity contribution in [3.8, 4) is 5.75 Å². The Bertz CT molecular complexity index is 2250. The van der Waals surface area contributed by atoms with Gasteiger partial charge >= 0.3 is 0 Å². The maximum atomic E-state index is 15.6. The van der Waals surface area contributed by atoms with Crippen LogP contribution in [0.1, 0.15) is 65.8 Å². The number of rotatable bonds is 9. The van der Waals surface area contributed by atoms with E-state index in [9.17, 15) is 24.0 Å². The number of benzene rings is 3. The van der Waals surface area contributed by atoms with Crippen LogP contribution in [0.5, 0.6) is 5.75 Å². The Morgan fingerprint density at radius 2 is 1.57 bits per heavy atom. The first-order chi connectivity index (χ1) is 28.9. The molecule has 4 saturated heterocycles. The largest absolute Gasteiger partial charge is 0.508 e. The van der Waals surface area contributed by atoms with Crippen molar-refractivity contribution in [1.82, 2.24) is 20.0 Å². The van der Waals surface area contributed by atoms with Crippen LogP contribution in [0.25, 0.3) is 4.85 Å². The number of carbonyl (C=O) groups excluding carboxylic acids is 5. The molecule has 0 radical (unpaired) electrons. The second-order valence-electron chi connectivity index (χ2n) is 16.7. The van der Waals surface area contributed by atoms with E-state index in [1.54, 1.807) is 25.3 Å². The highest BCUT2D eigenvalue weighted by Gasteiger charge is 2.45. The van der Waals surface area contributed by atoms with Gasteiger partial charge in [0.2, 0.25) is 23.4 Å². The van der Waals surface area contributed by atoms with Crippen molar-refractivity contribution in [3.05, 3.63) is 88.5 Å². The number of nitrogens with zero attached hydrogens (tertiary/aromatic N) is 7. The Kier molecular flexibility index (Phi) is 11.5. The molecule has 0 saturated carbocycles. The van der Waals surface area contributed by atoms with Crippen molar-refractivity contribution in [2.75, 3.05) is 80.7 Å². The summed E-state index contributed by atoms with van der Waals surface area (Å²) in [5.74, 6) is -1.35. The van der Waals surface area contributed by atoms with Crippen molar-refractivity contribution < 1.29 is 33.1 Å². The molecule has 3 atom stereocenters. The van der Waals surface area contributed by atoms with E-state index in [-0.39, 0.29) is 54.2 Å². The van der Waals surface area contributed by atoms with Crippen molar-refractivity contribution in [3.63, 3.8) is 0 Å². The van der Waals surface area contributed by atoms with Crippen LogP contribution in [0.3, 0.4) is 0 Å². The van der Waals surface area contributed by atoms with Gasteiger partial charge in [0.05, 0.1) is 36.9 Å². The molecule has 0 bridgehead atoms. The van der Waals surface area contributed by atoms with Crippen LogP contribution in [0, 0.1) is 18.3 Å². The fourth-order valence-corrected chi connectivity index (χ4v) is 9.53. The number of hydrogen-bond acceptors (Lipinski definition) is 10. The lowest BCUT2D eigenvalue weighted by atomic mass is 9.95. The Balaban J connectivity index is 0.793. The van der Waals surface area contributed by atoms with Gasteiger partial charge in [-0.2, -0.15) is 0 Å². The van der Waals surface area contributed by atoms with Gasteiger partial charge in [0, 0.05) is 88.8 Å². The first-order valence-corrected chi connectivity index (χ1v) is 20.9. The minimum Gasteiger partial charge on any atom is -0.508 e. The summed E-state index contributed by atoms with van der Waals surface area (Å²) in [6.45, 7) is 18.3. The molecule has 0 spiro atoms. The highest BCUT2D eigenvalue weighted by atomic mass is 19.1. The van der Waals surface area contributed by atoms with E-state index in [4.69, 9.17) is 11.3 Å². The maximum absolute atomic E-state index is 15.6. The average Bonchev–Trinajstić information content (AvgIpc) is 3.49. The van der Waals surface area contributed by atoms with Crippen molar-refractivity contribution in [1.29, 1.82) is 0 Å². The van der Waals surface area contributed by atoms with Crippen molar-refractivity contribution in [2.24, 2.45) is 5.92 Å². The fourth-order valence-electron chi connectivity index (χ4n) is 9.53. The summed E-state index contributed by atoms with van der Waals surface area (Å²) in [4.78, 5) is 79.5. The molecule has 0 aliphatic carbocycles. The van der Waals surface area contributed by atoms with Crippen LogP contribution in [-0.2, 0) is 20.8 Å². The third kappa shape index (κ3) is 8.00. The molecule has 5 heterocycles. The van der Waals surface area contributed by atoms with E-state index in [0.29, 0.717) is 41.7 Å². The maximum Gasteiger partial charge on any atom is 0.262 e. The van der Waals surface area contributed by atoms with E-state index in [0.717, 1.165) is 74.9 Å². The molecule has 15 heteroatoms. The zero-order valence-corrected chi connectivity index (χ0v) is 34.4. The van der Waals surface area contributed by atoms with Crippen LogP contribution in [-0.4, -0.2) is 128 Å². The van der Waals surface area contributed by atoms with Gasteiger partial charge in [-0.25, -0.2) is 9.24 Å². The smallest absolute Gasteiger partial charge is 0.262 e. The van der Waals surface area contributed by atoms with E-state index in [1.165, 1.54) is 6.07 Å². The lowest BCUT2D eigenvalue weighted by Gasteiger charge is -2.45. The lowest BCUT2D eigenvalue weighted by molar-refractivity contribution is -0.136. The Morgan fingerprint density at radius 3 is 2.27 bits per heavy atom. The number of hydrogen-bond donors (Lipinski definition) is 1. The number of amides is 5. The van der Waals surface area contributed by atoms with Crippen LogP contribution in [0.15, 0.2) is 54.6 Å². The number of anilines is 3. The molecule has 1 N–H and O–H groups in total. The summed E-state index contributed by atoms with van der Waals surface area (Å²) in [5.41, 5.74) is 4.06. The summed E-state index contributed by atoms with van der Waals surface area (Å²) in [5, 5.41) is 2.24. The molecule has 60 heavy (non-hydrogen) atoms. The zero-order chi connectivity index (χ0) is 42.2. The fraction of sp³-hybridized carbons (Fsp3) is 0.467. The topological polar surface area (TPSA) is 130 Å². The number of fused-ring (bicyclic) bond motifs is 1. The first-order valence-electron chi connectivity index (χ1n) is 20.9. The Hall–Kier alpha value is -6.01. The quantitative estimate of drug-likeness (QED) is 0.244. The van der Waals surface area contributed by atoms with E-state index in [2.05, 4.69) is 36.7 Å². The Labute approximate surface area is 349 Å². The third-order valence-corrected chi connectivity index (χ3v) is 12.9. The minimum absolute atomic E-state index is 0.0269. The molecule has 0 aromatic heterocycles. The second kappa shape index (κ2) is 16.9. The minimum atomic E-state index is -0.988. The van der Waals surface area contributed by atoms with Gasteiger partial charge in [-0.1, -0.05) is 12.1 Å². The number of ether oxygens (including phenoxy) is 1. The van der Waals surface area contributed by atoms with E-state index < -0.39 is 29.7 Å². The molecule has 314 valence electrons. The van der Waals surface area contributed by atoms with Gasteiger partial charge in [-0.15, -0.1) is 0 Å². The average molecular weight is 819 g/mol. The van der Waals surface area contributed by atoms with Crippen LogP contribution in [0.2, 0.25) is 0 Å².